The fourth-order valence-electron chi connectivity index (χ4n) is 4.53. The van der Waals surface area contributed by atoms with Gasteiger partial charge in [-0.25, -0.2) is 0 Å². The zero-order chi connectivity index (χ0) is 23.4. The summed E-state index contributed by atoms with van der Waals surface area (Å²) in [4.78, 5) is 17.0. The lowest BCUT2D eigenvalue weighted by molar-refractivity contribution is 0.481. The average molecular weight is 468 g/mol. The molecule has 2 aliphatic heterocycles. The number of rotatable bonds is 4. The molecule has 2 aliphatic rings. The van der Waals surface area contributed by atoms with Crippen LogP contribution in [-0.2, 0) is 0 Å². The summed E-state index contributed by atoms with van der Waals surface area (Å²) in [5.74, 6) is 2.51. The third-order valence-corrected chi connectivity index (χ3v) is 6.44. The highest BCUT2D eigenvalue weighted by atomic mass is 32.1. The van der Waals surface area contributed by atoms with E-state index in [1.54, 1.807) is 0 Å². The lowest BCUT2D eigenvalue weighted by Crippen LogP contribution is -2.47. The van der Waals surface area contributed by atoms with Gasteiger partial charge in [-0.15, -0.1) is 0 Å². The summed E-state index contributed by atoms with van der Waals surface area (Å²) in [6, 6.07) is 13.3. The maximum absolute atomic E-state index is 5.54. The summed E-state index contributed by atoms with van der Waals surface area (Å²) in [7, 11) is 0. The number of thiocarbonyl (C=S) groups is 1. The van der Waals surface area contributed by atoms with Gasteiger partial charge in [0.15, 0.2) is 5.11 Å². The lowest BCUT2D eigenvalue weighted by Gasteiger charge is -2.38. The van der Waals surface area contributed by atoms with Crippen molar-refractivity contribution in [2.45, 2.75) is 58.5 Å². The molecule has 1 aromatic carbocycles. The predicted octanol–water partition coefficient (Wildman–Crippen LogP) is 4.27. The van der Waals surface area contributed by atoms with E-state index in [-0.39, 0.29) is 5.54 Å². The van der Waals surface area contributed by atoms with Crippen molar-refractivity contribution in [3.8, 4) is 0 Å². The zero-order valence-corrected chi connectivity index (χ0v) is 21.2. The number of hydrogen-bond acceptors (Lipinski definition) is 6. The Bertz CT molecular complexity index is 936. The van der Waals surface area contributed by atoms with Gasteiger partial charge in [-0.3, -0.25) is 0 Å². The molecule has 4 rings (SSSR count). The van der Waals surface area contributed by atoms with Crippen LogP contribution < -0.4 is 25.3 Å². The molecule has 2 fully saturated rings. The number of nitrogens with zero attached hydrogens (tertiary/aromatic N) is 5. The van der Waals surface area contributed by atoms with Gasteiger partial charge >= 0.3 is 0 Å². The molecular weight excluding hydrogens is 430 g/mol. The first-order valence-corrected chi connectivity index (χ1v) is 12.5. The Balaban J connectivity index is 1.54. The summed E-state index contributed by atoms with van der Waals surface area (Å²) in [5.41, 5.74) is 1.16. The van der Waals surface area contributed by atoms with E-state index < -0.39 is 0 Å². The second kappa shape index (κ2) is 10.1. The van der Waals surface area contributed by atoms with E-state index >= 15 is 0 Å². The summed E-state index contributed by atoms with van der Waals surface area (Å²) in [6.07, 6.45) is 3.68. The standard InChI is InChI=1S/C25H37N7S/c1-19-10-8-9-13-32(19)22-18-21(26-23(27-22)28-24(33)29-25(2,3)4)31-16-14-30(15-17-31)20-11-6-5-7-12-20/h5-7,11-12,18-19H,8-10,13-17H2,1-4H3,(H2,26,27,28,29,33)/t19-/m0/s1. The van der Waals surface area contributed by atoms with Crippen LogP contribution in [0.4, 0.5) is 23.3 Å². The molecule has 1 aromatic heterocycles. The van der Waals surface area contributed by atoms with Gasteiger partial charge in [0.1, 0.15) is 11.6 Å². The van der Waals surface area contributed by atoms with Crippen LogP contribution in [0.3, 0.4) is 0 Å². The Kier molecular flexibility index (Phi) is 7.22. The van der Waals surface area contributed by atoms with Crippen LogP contribution in [0.5, 0.6) is 0 Å². The van der Waals surface area contributed by atoms with Crippen molar-refractivity contribution in [2.75, 3.05) is 52.7 Å². The monoisotopic (exact) mass is 467 g/mol. The number of benzene rings is 1. The third-order valence-electron chi connectivity index (χ3n) is 6.24. The van der Waals surface area contributed by atoms with E-state index in [4.69, 9.17) is 22.2 Å². The van der Waals surface area contributed by atoms with Crippen molar-refractivity contribution in [3.05, 3.63) is 36.4 Å². The van der Waals surface area contributed by atoms with E-state index in [9.17, 15) is 0 Å². The maximum atomic E-state index is 5.54. The number of piperidine rings is 1. The number of para-hydroxylation sites is 1. The maximum Gasteiger partial charge on any atom is 0.232 e. The molecule has 7 nitrogen and oxygen atoms in total. The molecule has 0 aliphatic carbocycles. The summed E-state index contributed by atoms with van der Waals surface area (Å²) in [6.45, 7) is 13.4. The van der Waals surface area contributed by atoms with E-state index in [0.717, 1.165) is 44.4 Å². The smallest absolute Gasteiger partial charge is 0.232 e. The van der Waals surface area contributed by atoms with Crippen molar-refractivity contribution < 1.29 is 0 Å². The van der Waals surface area contributed by atoms with E-state index in [1.165, 1.54) is 24.9 Å². The van der Waals surface area contributed by atoms with Crippen LogP contribution in [0.25, 0.3) is 0 Å². The molecular formula is C25H37N7S. The average Bonchev–Trinajstić information content (AvgIpc) is 2.78. The van der Waals surface area contributed by atoms with Gasteiger partial charge in [0.2, 0.25) is 5.95 Å². The molecule has 3 heterocycles. The molecule has 2 N–H and O–H groups in total. The fourth-order valence-corrected chi connectivity index (χ4v) is 4.93. The number of piperazine rings is 1. The number of aromatic nitrogens is 2. The van der Waals surface area contributed by atoms with Gasteiger partial charge in [0.25, 0.3) is 0 Å². The van der Waals surface area contributed by atoms with Gasteiger partial charge in [-0.05, 0) is 71.3 Å². The molecule has 8 heteroatoms. The second-order valence-electron chi connectivity index (χ2n) is 10.1. The van der Waals surface area contributed by atoms with Crippen LogP contribution in [0.15, 0.2) is 36.4 Å². The van der Waals surface area contributed by atoms with Crippen LogP contribution >= 0.6 is 12.2 Å². The first-order valence-electron chi connectivity index (χ1n) is 12.1. The molecule has 33 heavy (non-hydrogen) atoms. The fraction of sp³-hybridized carbons (Fsp3) is 0.560. The number of nitrogens with one attached hydrogen (secondary N) is 2. The summed E-state index contributed by atoms with van der Waals surface area (Å²) in [5, 5.41) is 7.09. The van der Waals surface area contributed by atoms with Gasteiger partial charge in [0, 0.05) is 56.1 Å². The van der Waals surface area contributed by atoms with Crippen molar-refractivity contribution >= 4 is 40.6 Å². The van der Waals surface area contributed by atoms with Crippen LogP contribution in [0.1, 0.15) is 47.0 Å². The molecule has 0 bridgehead atoms. The van der Waals surface area contributed by atoms with E-state index in [0.29, 0.717) is 17.1 Å². The summed E-state index contributed by atoms with van der Waals surface area (Å²) >= 11 is 5.54. The van der Waals surface area contributed by atoms with Crippen LogP contribution in [0.2, 0.25) is 0 Å². The van der Waals surface area contributed by atoms with Gasteiger partial charge in [0.05, 0.1) is 0 Å². The molecule has 0 amide bonds. The van der Waals surface area contributed by atoms with Crippen LogP contribution in [0, 0.1) is 0 Å². The number of anilines is 4. The van der Waals surface area contributed by atoms with Crippen molar-refractivity contribution in [3.63, 3.8) is 0 Å². The minimum Gasteiger partial charge on any atom is -0.368 e. The molecule has 1 atom stereocenters. The molecule has 0 radical (unpaired) electrons. The Morgan fingerprint density at radius 1 is 0.939 bits per heavy atom. The topological polar surface area (TPSA) is 59.6 Å². The highest BCUT2D eigenvalue weighted by Crippen LogP contribution is 2.28. The molecule has 0 spiro atoms. The van der Waals surface area contributed by atoms with E-state index in [2.05, 4.69) is 89.4 Å². The van der Waals surface area contributed by atoms with Gasteiger partial charge < -0.3 is 25.3 Å². The van der Waals surface area contributed by atoms with Crippen LogP contribution in [-0.4, -0.2) is 59.4 Å². The third kappa shape index (κ3) is 6.25. The predicted molar refractivity (Wildman–Crippen MR) is 143 cm³/mol. The van der Waals surface area contributed by atoms with Crippen molar-refractivity contribution in [1.82, 2.24) is 15.3 Å². The second-order valence-corrected chi connectivity index (χ2v) is 10.5. The number of hydrogen-bond donors (Lipinski definition) is 2. The SMILES string of the molecule is C[C@H]1CCCCN1c1cc(N2CCN(c3ccccc3)CC2)nc(NC(=S)NC(C)(C)C)n1. The van der Waals surface area contributed by atoms with Gasteiger partial charge in [-0.1, -0.05) is 18.2 Å². The molecule has 2 aromatic rings. The Labute approximate surface area is 203 Å². The first kappa shape index (κ1) is 23.5. The lowest BCUT2D eigenvalue weighted by atomic mass is 10.0. The Morgan fingerprint density at radius 2 is 1.61 bits per heavy atom. The Morgan fingerprint density at radius 3 is 2.27 bits per heavy atom. The summed E-state index contributed by atoms with van der Waals surface area (Å²) < 4.78 is 0. The highest BCUT2D eigenvalue weighted by Gasteiger charge is 2.24. The molecule has 0 saturated carbocycles. The normalized spacial score (nSPS) is 19.4. The molecule has 2 saturated heterocycles. The first-order chi connectivity index (χ1) is 15.8. The largest absolute Gasteiger partial charge is 0.368 e. The van der Waals surface area contributed by atoms with Crippen molar-refractivity contribution in [2.24, 2.45) is 0 Å². The minimum absolute atomic E-state index is 0.125. The van der Waals surface area contributed by atoms with Crippen molar-refractivity contribution in [1.29, 1.82) is 0 Å². The minimum atomic E-state index is -0.125. The Hall–Kier alpha value is -2.61. The zero-order valence-electron chi connectivity index (χ0n) is 20.3. The molecule has 0 unspecified atom stereocenters. The highest BCUT2D eigenvalue weighted by molar-refractivity contribution is 7.80. The molecule has 178 valence electrons. The van der Waals surface area contributed by atoms with E-state index in [1.807, 2.05) is 0 Å². The van der Waals surface area contributed by atoms with Gasteiger partial charge in [-0.2, -0.15) is 9.97 Å². The quantitative estimate of drug-likeness (QED) is 0.647.